The van der Waals surface area contributed by atoms with Crippen LogP contribution in [0, 0.1) is 17.1 Å². The quantitative estimate of drug-likeness (QED) is 0.728. The number of benzene rings is 1. The van der Waals surface area contributed by atoms with Crippen molar-refractivity contribution in [3.8, 4) is 11.9 Å². The number of anilines is 1. The number of halogens is 2. The van der Waals surface area contributed by atoms with Crippen molar-refractivity contribution in [2.45, 2.75) is 13.0 Å². The second-order valence-electron chi connectivity index (χ2n) is 5.50. The van der Waals surface area contributed by atoms with Gasteiger partial charge in [0, 0.05) is 10.9 Å². The molecule has 26 heavy (non-hydrogen) atoms. The Balaban J connectivity index is 1.96. The fourth-order valence-corrected chi connectivity index (χ4v) is 2.65. The van der Waals surface area contributed by atoms with E-state index in [-0.39, 0.29) is 28.0 Å². The maximum atomic E-state index is 13.5. The van der Waals surface area contributed by atoms with Gasteiger partial charge in [0.2, 0.25) is 11.8 Å². The lowest BCUT2D eigenvalue weighted by molar-refractivity contribution is 0.396. The molecule has 1 aromatic carbocycles. The van der Waals surface area contributed by atoms with Crippen LogP contribution in [0.15, 0.2) is 29.2 Å². The van der Waals surface area contributed by atoms with E-state index in [9.17, 15) is 9.18 Å². The minimum atomic E-state index is -0.605. The number of fused-ring (bicyclic) bond motifs is 1. The van der Waals surface area contributed by atoms with Crippen LogP contribution in [0.2, 0.25) is 5.02 Å². The average Bonchev–Trinajstić information content (AvgIpc) is 2.62. The number of nitrogens with zero attached hydrogens (tertiary/aromatic N) is 3. The van der Waals surface area contributed by atoms with Crippen molar-refractivity contribution < 1.29 is 9.13 Å². The van der Waals surface area contributed by atoms with E-state index in [1.54, 1.807) is 13.0 Å². The normalized spacial score (nSPS) is 11.8. The molecule has 0 aliphatic rings. The fraction of sp³-hybridized carbons (Fsp3) is 0.176. The van der Waals surface area contributed by atoms with Crippen LogP contribution >= 0.6 is 11.6 Å². The monoisotopic (exact) mass is 373 g/mol. The standard InChI is InChI=1S/C17H13ClFN5O2/c1-8(22-17-21-7-10(6-20)16(24-17)26-2)11-3-9-4-12(18)13(19)5-14(9)23-15(11)25/h3-5,7-8H,1-2H3,(H,23,25)(H,21,22,24)/t8-/m0/s1. The molecule has 7 nitrogen and oxygen atoms in total. The highest BCUT2D eigenvalue weighted by Gasteiger charge is 2.15. The second-order valence-corrected chi connectivity index (χ2v) is 5.91. The average molecular weight is 374 g/mol. The van der Waals surface area contributed by atoms with Gasteiger partial charge in [0.1, 0.15) is 17.4 Å². The number of hydrogen-bond donors (Lipinski definition) is 2. The molecule has 132 valence electrons. The molecular formula is C17H13ClFN5O2. The Morgan fingerprint density at radius 2 is 2.19 bits per heavy atom. The molecule has 0 unspecified atom stereocenters. The van der Waals surface area contributed by atoms with Crippen molar-refractivity contribution in [1.82, 2.24) is 15.0 Å². The first kappa shape index (κ1) is 17.6. The van der Waals surface area contributed by atoms with Crippen LogP contribution < -0.4 is 15.6 Å². The summed E-state index contributed by atoms with van der Waals surface area (Å²) in [6.07, 6.45) is 1.33. The zero-order chi connectivity index (χ0) is 18.8. The number of methoxy groups -OCH3 is 1. The van der Waals surface area contributed by atoms with E-state index in [0.717, 1.165) is 0 Å². The molecule has 0 fully saturated rings. The van der Waals surface area contributed by atoms with Gasteiger partial charge in [0.05, 0.1) is 29.9 Å². The van der Waals surface area contributed by atoms with Crippen molar-refractivity contribution in [3.05, 3.63) is 56.7 Å². The Labute approximate surface area is 152 Å². The summed E-state index contributed by atoms with van der Waals surface area (Å²) >= 11 is 5.81. The lowest BCUT2D eigenvalue weighted by Crippen LogP contribution is -2.20. The molecule has 0 aliphatic heterocycles. The van der Waals surface area contributed by atoms with Gasteiger partial charge in [-0.1, -0.05) is 11.6 Å². The summed E-state index contributed by atoms with van der Waals surface area (Å²) in [4.78, 5) is 23.1. The number of rotatable bonds is 4. The number of aromatic nitrogens is 3. The Bertz CT molecular complexity index is 1090. The van der Waals surface area contributed by atoms with Crippen LogP contribution in [0.25, 0.3) is 10.9 Å². The van der Waals surface area contributed by atoms with Gasteiger partial charge >= 0.3 is 0 Å². The number of nitriles is 1. The highest BCUT2D eigenvalue weighted by atomic mass is 35.5. The first-order valence-corrected chi connectivity index (χ1v) is 7.90. The largest absolute Gasteiger partial charge is 0.480 e. The van der Waals surface area contributed by atoms with E-state index in [1.807, 2.05) is 6.07 Å². The third kappa shape index (κ3) is 3.30. The van der Waals surface area contributed by atoms with Gasteiger partial charge in [-0.15, -0.1) is 0 Å². The van der Waals surface area contributed by atoms with Gasteiger partial charge in [0.25, 0.3) is 5.56 Å². The molecule has 0 amide bonds. The maximum Gasteiger partial charge on any atom is 0.253 e. The summed E-state index contributed by atoms with van der Waals surface area (Å²) in [6, 6.07) is 5.70. The zero-order valence-electron chi connectivity index (χ0n) is 13.8. The van der Waals surface area contributed by atoms with E-state index < -0.39 is 11.9 Å². The minimum absolute atomic E-state index is 0.0312. The molecule has 0 spiro atoms. The predicted octanol–water partition coefficient (Wildman–Crippen LogP) is 3.16. The molecule has 1 atom stereocenters. The van der Waals surface area contributed by atoms with Gasteiger partial charge in [-0.05, 0) is 25.1 Å². The van der Waals surface area contributed by atoms with Gasteiger partial charge in [-0.2, -0.15) is 10.2 Å². The smallest absolute Gasteiger partial charge is 0.253 e. The number of H-pyrrole nitrogens is 1. The van der Waals surface area contributed by atoms with Crippen molar-refractivity contribution in [3.63, 3.8) is 0 Å². The van der Waals surface area contributed by atoms with Crippen LogP contribution in [0.1, 0.15) is 24.1 Å². The Kier molecular flexibility index (Phi) is 4.73. The summed E-state index contributed by atoms with van der Waals surface area (Å²) in [7, 11) is 1.40. The van der Waals surface area contributed by atoms with Crippen LogP contribution in [0.5, 0.6) is 5.88 Å². The highest BCUT2D eigenvalue weighted by molar-refractivity contribution is 6.31. The minimum Gasteiger partial charge on any atom is -0.480 e. The molecular weight excluding hydrogens is 361 g/mol. The first-order chi connectivity index (χ1) is 12.4. The summed E-state index contributed by atoms with van der Waals surface area (Å²) in [5.74, 6) is -0.274. The van der Waals surface area contributed by atoms with Crippen LogP contribution in [-0.2, 0) is 0 Å². The van der Waals surface area contributed by atoms with Crippen molar-refractivity contribution in [1.29, 1.82) is 5.26 Å². The lowest BCUT2D eigenvalue weighted by Gasteiger charge is -2.15. The van der Waals surface area contributed by atoms with Gasteiger partial charge in [-0.25, -0.2) is 9.37 Å². The van der Waals surface area contributed by atoms with Crippen molar-refractivity contribution in [2.24, 2.45) is 0 Å². The molecule has 9 heteroatoms. The predicted molar refractivity (Wildman–Crippen MR) is 94.9 cm³/mol. The number of aromatic amines is 1. The van der Waals surface area contributed by atoms with Crippen molar-refractivity contribution in [2.75, 3.05) is 12.4 Å². The van der Waals surface area contributed by atoms with Crippen LogP contribution in [-0.4, -0.2) is 22.1 Å². The molecule has 3 aromatic rings. The topological polar surface area (TPSA) is 104 Å². The molecule has 3 rings (SSSR count). The van der Waals surface area contributed by atoms with Crippen LogP contribution in [0.4, 0.5) is 10.3 Å². The molecule has 0 saturated heterocycles. The molecule has 2 N–H and O–H groups in total. The summed E-state index contributed by atoms with van der Waals surface area (Å²) < 4.78 is 18.6. The van der Waals surface area contributed by atoms with E-state index in [1.165, 1.54) is 25.4 Å². The molecule has 0 radical (unpaired) electrons. The third-order valence-corrected chi connectivity index (χ3v) is 4.08. The summed E-state index contributed by atoms with van der Waals surface area (Å²) in [5, 5.41) is 12.5. The van der Waals surface area contributed by atoms with E-state index >= 15 is 0 Å². The Hall–Kier alpha value is -3.18. The van der Waals surface area contributed by atoms with Crippen LogP contribution in [0.3, 0.4) is 0 Å². The summed E-state index contributed by atoms with van der Waals surface area (Å²) in [6.45, 7) is 1.75. The van der Waals surface area contributed by atoms with Gasteiger partial charge in [-0.3, -0.25) is 4.79 Å². The molecule has 0 saturated carbocycles. The Morgan fingerprint density at radius 1 is 1.42 bits per heavy atom. The van der Waals surface area contributed by atoms with Crippen molar-refractivity contribution >= 4 is 28.5 Å². The number of nitrogens with one attached hydrogen (secondary N) is 2. The number of hydrogen-bond acceptors (Lipinski definition) is 6. The molecule has 2 aromatic heterocycles. The highest BCUT2D eigenvalue weighted by Crippen LogP contribution is 2.24. The second kappa shape index (κ2) is 6.98. The first-order valence-electron chi connectivity index (χ1n) is 7.52. The van der Waals surface area contributed by atoms with E-state index in [4.69, 9.17) is 21.6 Å². The summed E-state index contributed by atoms with van der Waals surface area (Å²) in [5.41, 5.74) is 0.571. The van der Waals surface area contributed by atoms with Gasteiger partial charge in [0.15, 0.2) is 0 Å². The molecule has 2 heterocycles. The number of ether oxygens (including phenoxy) is 1. The SMILES string of the molecule is COc1nc(N[C@@H](C)c2cc3cc(Cl)c(F)cc3[nH]c2=O)ncc1C#N. The number of pyridine rings is 1. The zero-order valence-corrected chi connectivity index (χ0v) is 14.6. The maximum absolute atomic E-state index is 13.5. The fourth-order valence-electron chi connectivity index (χ4n) is 2.48. The molecule has 0 aliphatic carbocycles. The van der Waals surface area contributed by atoms with E-state index in [0.29, 0.717) is 16.5 Å². The van der Waals surface area contributed by atoms with Gasteiger partial charge < -0.3 is 15.0 Å². The lowest BCUT2D eigenvalue weighted by atomic mass is 10.1. The molecule has 0 bridgehead atoms. The van der Waals surface area contributed by atoms with E-state index in [2.05, 4.69) is 20.3 Å². The third-order valence-electron chi connectivity index (χ3n) is 3.79. The Morgan fingerprint density at radius 3 is 2.88 bits per heavy atom.